The van der Waals surface area contributed by atoms with E-state index < -0.39 is 0 Å². The van der Waals surface area contributed by atoms with Crippen molar-refractivity contribution in [2.75, 3.05) is 37.6 Å². The largest absolute Gasteiger partial charge is 0.369 e. The summed E-state index contributed by atoms with van der Waals surface area (Å²) in [4.78, 5) is 25.3. The van der Waals surface area contributed by atoms with Gasteiger partial charge in [0.05, 0.1) is 17.6 Å². The van der Waals surface area contributed by atoms with Gasteiger partial charge in [0.2, 0.25) is 0 Å². The number of aryl methyl sites for hydroxylation is 1. The van der Waals surface area contributed by atoms with Crippen LogP contribution in [0.5, 0.6) is 0 Å². The van der Waals surface area contributed by atoms with E-state index in [-0.39, 0.29) is 17.6 Å². The smallest absolute Gasteiger partial charge is 0.156 e. The molecule has 0 N–H and O–H groups in total. The van der Waals surface area contributed by atoms with Gasteiger partial charge >= 0.3 is 0 Å². The molecule has 0 amide bonds. The highest BCUT2D eigenvalue weighted by atomic mass is 19.1. The summed E-state index contributed by atoms with van der Waals surface area (Å²) in [6.07, 6.45) is 10.2. The lowest BCUT2D eigenvalue weighted by Gasteiger charge is -2.54. The molecule has 0 radical (unpaired) electrons. The van der Waals surface area contributed by atoms with Crippen LogP contribution in [-0.2, 0) is 11.2 Å². The van der Waals surface area contributed by atoms with Gasteiger partial charge in [-0.25, -0.2) is 14.4 Å². The first-order valence-corrected chi connectivity index (χ1v) is 13.5. The SMILES string of the molecule is C=CC(=O)CCN1CC2(CCN(c3ccc(Cc4ncc(C)c(-c5cnn(C(C)C)c5)n4)cc3F)CC2)C1. The summed E-state index contributed by atoms with van der Waals surface area (Å²) in [5.41, 5.74) is 4.66. The van der Waals surface area contributed by atoms with Gasteiger partial charge < -0.3 is 9.80 Å². The van der Waals surface area contributed by atoms with Gasteiger partial charge in [0, 0.05) is 69.6 Å². The molecule has 200 valence electrons. The Hall–Kier alpha value is -3.39. The summed E-state index contributed by atoms with van der Waals surface area (Å²) in [6.45, 7) is 14.3. The minimum Gasteiger partial charge on any atom is -0.369 e. The molecule has 1 aromatic carbocycles. The van der Waals surface area contributed by atoms with E-state index in [0.717, 1.165) is 67.9 Å². The van der Waals surface area contributed by atoms with E-state index in [0.29, 0.717) is 29.8 Å². The van der Waals surface area contributed by atoms with Gasteiger partial charge in [-0.05, 0) is 68.4 Å². The molecule has 3 aromatic rings. The third kappa shape index (κ3) is 5.55. The number of hydrogen-bond donors (Lipinski definition) is 0. The first kappa shape index (κ1) is 26.2. The monoisotopic (exact) mass is 516 g/mol. The lowest BCUT2D eigenvalue weighted by Crippen LogP contribution is -2.60. The fraction of sp³-hybridized carbons (Fsp3) is 0.467. The zero-order valence-corrected chi connectivity index (χ0v) is 22.7. The van der Waals surface area contributed by atoms with E-state index in [2.05, 4.69) is 40.3 Å². The predicted molar refractivity (Wildman–Crippen MR) is 148 cm³/mol. The number of ketones is 1. The van der Waals surface area contributed by atoms with Crippen molar-refractivity contribution < 1.29 is 9.18 Å². The molecule has 2 aliphatic rings. The van der Waals surface area contributed by atoms with Crippen LogP contribution in [-0.4, -0.2) is 63.2 Å². The van der Waals surface area contributed by atoms with E-state index >= 15 is 4.39 Å². The van der Waals surface area contributed by atoms with Crippen LogP contribution in [0.25, 0.3) is 11.3 Å². The maximum absolute atomic E-state index is 15.2. The second-order valence-corrected chi connectivity index (χ2v) is 11.2. The number of carbonyl (C=O) groups is 1. The van der Waals surface area contributed by atoms with Crippen LogP contribution in [0.15, 0.2) is 49.4 Å². The third-order valence-electron chi connectivity index (χ3n) is 7.98. The molecule has 2 fully saturated rings. The highest BCUT2D eigenvalue weighted by Gasteiger charge is 2.44. The highest BCUT2D eigenvalue weighted by molar-refractivity contribution is 5.89. The molecule has 0 atom stereocenters. The van der Waals surface area contributed by atoms with Gasteiger partial charge in [-0.3, -0.25) is 9.48 Å². The van der Waals surface area contributed by atoms with Gasteiger partial charge in [-0.1, -0.05) is 12.6 Å². The number of aromatic nitrogens is 4. The third-order valence-corrected chi connectivity index (χ3v) is 7.98. The van der Waals surface area contributed by atoms with Crippen LogP contribution in [0, 0.1) is 18.2 Å². The number of benzene rings is 1. The van der Waals surface area contributed by atoms with Gasteiger partial charge in [-0.15, -0.1) is 0 Å². The van der Waals surface area contributed by atoms with Gasteiger partial charge in [0.1, 0.15) is 11.6 Å². The Labute approximate surface area is 224 Å². The van der Waals surface area contributed by atoms with Crippen LogP contribution >= 0.6 is 0 Å². The van der Waals surface area contributed by atoms with E-state index in [4.69, 9.17) is 4.98 Å². The van der Waals surface area contributed by atoms with Crippen molar-refractivity contribution >= 4 is 11.5 Å². The van der Waals surface area contributed by atoms with Crippen LogP contribution in [0.1, 0.15) is 56.1 Å². The molecule has 0 aliphatic carbocycles. The van der Waals surface area contributed by atoms with Crippen LogP contribution in [0.4, 0.5) is 10.1 Å². The lowest BCUT2D eigenvalue weighted by atomic mass is 9.72. The summed E-state index contributed by atoms with van der Waals surface area (Å²) in [5, 5.41) is 4.44. The summed E-state index contributed by atoms with van der Waals surface area (Å²) in [5.74, 6) is 0.578. The van der Waals surface area contributed by atoms with E-state index in [9.17, 15) is 4.79 Å². The summed E-state index contributed by atoms with van der Waals surface area (Å²) in [6, 6.07) is 5.80. The number of nitrogens with zero attached hydrogens (tertiary/aromatic N) is 6. The minimum absolute atomic E-state index is 0.104. The summed E-state index contributed by atoms with van der Waals surface area (Å²) in [7, 11) is 0. The lowest BCUT2D eigenvalue weighted by molar-refractivity contribution is -0.115. The first-order valence-electron chi connectivity index (χ1n) is 13.5. The van der Waals surface area contributed by atoms with Crippen molar-refractivity contribution in [3.8, 4) is 11.3 Å². The van der Waals surface area contributed by atoms with Crippen molar-refractivity contribution in [1.82, 2.24) is 24.6 Å². The molecule has 0 bridgehead atoms. The van der Waals surface area contributed by atoms with Gasteiger partial charge in [0.15, 0.2) is 5.78 Å². The van der Waals surface area contributed by atoms with E-state index in [1.807, 2.05) is 42.3 Å². The Kier molecular flexibility index (Phi) is 7.43. The molecule has 0 saturated carbocycles. The standard InChI is InChI=1S/C30H37FN6O/c1-5-25(38)8-11-35-19-30(20-35)9-12-36(13-10-30)27-7-6-23(14-26(27)31)15-28-32-16-22(4)29(34-28)24-17-33-37(18-24)21(2)3/h5-7,14,16-18,21H,1,8-13,15,19-20H2,2-4H3. The quantitative estimate of drug-likeness (QED) is 0.373. The zero-order valence-electron chi connectivity index (χ0n) is 22.7. The van der Waals surface area contributed by atoms with Crippen molar-refractivity contribution in [3.63, 3.8) is 0 Å². The molecule has 0 unspecified atom stereocenters. The van der Waals surface area contributed by atoms with E-state index in [1.165, 1.54) is 6.08 Å². The number of piperidine rings is 1. The molecule has 2 saturated heterocycles. The molecule has 7 nitrogen and oxygen atoms in total. The van der Waals surface area contributed by atoms with E-state index in [1.54, 1.807) is 6.07 Å². The summed E-state index contributed by atoms with van der Waals surface area (Å²) >= 11 is 0. The fourth-order valence-electron chi connectivity index (χ4n) is 5.67. The number of allylic oxidation sites excluding steroid dienone is 1. The molecule has 2 aromatic heterocycles. The molecular weight excluding hydrogens is 479 g/mol. The second-order valence-electron chi connectivity index (χ2n) is 11.2. The van der Waals surface area contributed by atoms with Crippen LogP contribution in [0.3, 0.4) is 0 Å². The average Bonchev–Trinajstić information content (AvgIpc) is 3.38. The van der Waals surface area contributed by atoms with Crippen LogP contribution in [0.2, 0.25) is 0 Å². The molecule has 5 rings (SSSR count). The number of anilines is 1. The Morgan fingerprint density at radius 3 is 2.63 bits per heavy atom. The predicted octanol–water partition coefficient (Wildman–Crippen LogP) is 5.01. The number of likely N-dealkylation sites (tertiary alicyclic amines) is 1. The van der Waals surface area contributed by atoms with Crippen molar-refractivity contribution in [2.45, 2.75) is 52.5 Å². The Balaban J connectivity index is 1.19. The van der Waals surface area contributed by atoms with Gasteiger partial charge in [0.25, 0.3) is 0 Å². The minimum atomic E-state index is -0.192. The normalized spacial score (nSPS) is 17.1. The second kappa shape index (κ2) is 10.8. The Bertz CT molecular complexity index is 1320. The molecule has 1 spiro atoms. The number of halogens is 1. The molecular formula is C30H37FN6O. The van der Waals surface area contributed by atoms with Crippen molar-refractivity contribution in [2.24, 2.45) is 5.41 Å². The topological polar surface area (TPSA) is 67.2 Å². The fourth-order valence-corrected chi connectivity index (χ4v) is 5.67. The number of hydrogen-bond acceptors (Lipinski definition) is 6. The van der Waals surface area contributed by atoms with Gasteiger partial charge in [-0.2, -0.15) is 5.10 Å². The Morgan fingerprint density at radius 1 is 1.21 bits per heavy atom. The maximum atomic E-state index is 15.2. The Morgan fingerprint density at radius 2 is 1.97 bits per heavy atom. The molecule has 8 heteroatoms. The highest BCUT2D eigenvalue weighted by Crippen LogP contribution is 2.41. The molecule has 2 aliphatic heterocycles. The van der Waals surface area contributed by atoms with Crippen LogP contribution < -0.4 is 4.90 Å². The molecule has 4 heterocycles. The summed E-state index contributed by atoms with van der Waals surface area (Å²) < 4.78 is 17.2. The maximum Gasteiger partial charge on any atom is 0.156 e. The van der Waals surface area contributed by atoms with Crippen molar-refractivity contribution in [3.05, 3.63) is 72.2 Å². The number of rotatable bonds is 9. The first-order chi connectivity index (χ1) is 18.2. The number of carbonyl (C=O) groups excluding carboxylic acids is 1. The average molecular weight is 517 g/mol. The van der Waals surface area contributed by atoms with Crippen molar-refractivity contribution in [1.29, 1.82) is 0 Å². The zero-order chi connectivity index (χ0) is 26.9. The molecule has 38 heavy (non-hydrogen) atoms.